The first-order valence-electron chi connectivity index (χ1n) is 11.4. The lowest BCUT2D eigenvalue weighted by atomic mass is 9.45. The summed E-state index contributed by atoms with van der Waals surface area (Å²) in [6.45, 7) is 6.42. The SMILES string of the molecule is C[C@]12CCC(=NO[C@H]3CCNC3)CC1C(=O)C[C@@H]1[C@@H]2CC[C@]2(C)C(=O)CC[C@@H]12. The van der Waals surface area contributed by atoms with Crippen molar-refractivity contribution in [3.05, 3.63) is 0 Å². The van der Waals surface area contributed by atoms with E-state index in [2.05, 4.69) is 24.3 Å². The van der Waals surface area contributed by atoms with Gasteiger partial charge in [0.1, 0.15) is 17.7 Å². The normalized spacial score (nSPS) is 49.6. The van der Waals surface area contributed by atoms with Crippen molar-refractivity contribution in [2.45, 2.75) is 77.7 Å². The highest BCUT2D eigenvalue weighted by molar-refractivity contribution is 5.93. The summed E-state index contributed by atoms with van der Waals surface area (Å²) in [5.74, 6) is 2.38. The first-order chi connectivity index (χ1) is 13.4. The molecule has 0 aromatic heterocycles. The fourth-order valence-corrected chi connectivity index (χ4v) is 7.57. The van der Waals surface area contributed by atoms with Gasteiger partial charge in [-0.15, -0.1) is 0 Å². The lowest BCUT2D eigenvalue weighted by Gasteiger charge is -2.58. The second-order valence-electron chi connectivity index (χ2n) is 10.6. The van der Waals surface area contributed by atoms with Gasteiger partial charge in [0.25, 0.3) is 0 Å². The summed E-state index contributed by atoms with van der Waals surface area (Å²) < 4.78 is 0. The molecule has 0 radical (unpaired) electrons. The van der Waals surface area contributed by atoms with Gasteiger partial charge in [0, 0.05) is 37.1 Å². The maximum Gasteiger partial charge on any atom is 0.141 e. The van der Waals surface area contributed by atoms with E-state index < -0.39 is 0 Å². The van der Waals surface area contributed by atoms with Gasteiger partial charge < -0.3 is 10.2 Å². The fraction of sp³-hybridized carbons (Fsp3) is 0.870. The van der Waals surface area contributed by atoms with Gasteiger partial charge in [-0.05, 0) is 68.2 Å². The third-order valence-corrected chi connectivity index (χ3v) is 9.35. The highest BCUT2D eigenvalue weighted by Gasteiger charge is 2.62. The van der Waals surface area contributed by atoms with Crippen LogP contribution in [0.4, 0.5) is 0 Å². The minimum absolute atomic E-state index is 0.0703. The standard InChI is InChI=1S/C23H34N2O3/c1-22-8-5-14(25-28-15-7-10-24-13-15)11-19(22)20(26)12-16-17-3-4-21(27)23(17,2)9-6-18(16)22/h15-19,24H,3-13H2,1-2H3/t15-,16-,17-,18-,19?,22+,23-/m0/s1. The topological polar surface area (TPSA) is 67.8 Å². The number of Topliss-reactive ketones (excluding diaryl/α,β-unsaturated/α-hetero) is 2. The lowest BCUT2D eigenvalue weighted by molar-refractivity contribution is -0.152. The van der Waals surface area contributed by atoms with Crippen LogP contribution >= 0.6 is 0 Å². The number of carbonyl (C=O) groups is 2. The van der Waals surface area contributed by atoms with Crippen LogP contribution in [-0.2, 0) is 14.4 Å². The molecule has 0 bridgehead atoms. The van der Waals surface area contributed by atoms with Gasteiger partial charge >= 0.3 is 0 Å². The van der Waals surface area contributed by atoms with Gasteiger partial charge in [0.15, 0.2) is 0 Å². The molecule has 154 valence electrons. The lowest BCUT2D eigenvalue weighted by Crippen LogP contribution is -2.56. The second kappa shape index (κ2) is 6.65. The molecule has 4 saturated carbocycles. The van der Waals surface area contributed by atoms with Crippen LogP contribution < -0.4 is 5.32 Å². The largest absolute Gasteiger partial charge is 0.391 e. The van der Waals surface area contributed by atoms with Crippen molar-refractivity contribution < 1.29 is 14.4 Å². The van der Waals surface area contributed by atoms with E-state index in [9.17, 15) is 9.59 Å². The number of rotatable bonds is 2. The minimum Gasteiger partial charge on any atom is -0.391 e. The first-order valence-corrected chi connectivity index (χ1v) is 11.4. The second-order valence-corrected chi connectivity index (χ2v) is 10.6. The van der Waals surface area contributed by atoms with E-state index in [-0.39, 0.29) is 22.9 Å². The van der Waals surface area contributed by atoms with Crippen LogP contribution in [0.2, 0.25) is 0 Å². The average Bonchev–Trinajstić information content (AvgIpc) is 3.29. The van der Waals surface area contributed by atoms with Crippen LogP contribution in [0.25, 0.3) is 0 Å². The van der Waals surface area contributed by atoms with Crippen LogP contribution in [0.15, 0.2) is 5.16 Å². The number of ketones is 2. The van der Waals surface area contributed by atoms with Gasteiger partial charge in [0.2, 0.25) is 0 Å². The van der Waals surface area contributed by atoms with Crippen LogP contribution in [0, 0.1) is 34.5 Å². The van der Waals surface area contributed by atoms with E-state index in [0.29, 0.717) is 35.7 Å². The molecule has 0 aromatic rings. The molecule has 5 aliphatic rings. The van der Waals surface area contributed by atoms with Crippen molar-refractivity contribution >= 4 is 17.3 Å². The van der Waals surface area contributed by atoms with Crippen LogP contribution in [0.1, 0.15) is 71.6 Å². The molecule has 5 fully saturated rings. The molecule has 7 atom stereocenters. The van der Waals surface area contributed by atoms with Crippen molar-refractivity contribution in [1.82, 2.24) is 5.32 Å². The van der Waals surface area contributed by atoms with Crippen molar-refractivity contribution in [1.29, 1.82) is 0 Å². The Labute approximate surface area is 168 Å². The molecule has 1 heterocycles. The molecule has 5 nitrogen and oxygen atoms in total. The van der Waals surface area contributed by atoms with E-state index in [4.69, 9.17) is 4.84 Å². The van der Waals surface area contributed by atoms with E-state index >= 15 is 0 Å². The van der Waals surface area contributed by atoms with E-state index in [0.717, 1.165) is 70.2 Å². The van der Waals surface area contributed by atoms with Crippen molar-refractivity contribution in [3.63, 3.8) is 0 Å². The fourth-order valence-electron chi connectivity index (χ4n) is 7.57. The van der Waals surface area contributed by atoms with Gasteiger partial charge in [0.05, 0.1) is 5.71 Å². The number of carbonyl (C=O) groups excluding carboxylic acids is 2. The molecule has 1 unspecified atom stereocenters. The zero-order valence-corrected chi connectivity index (χ0v) is 17.3. The quantitative estimate of drug-likeness (QED) is 0.738. The predicted octanol–water partition coefficient (Wildman–Crippen LogP) is 3.51. The monoisotopic (exact) mass is 386 g/mol. The molecule has 0 amide bonds. The third kappa shape index (κ3) is 2.72. The number of nitrogens with one attached hydrogen (secondary N) is 1. The molecule has 0 aromatic carbocycles. The van der Waals surface area contributed by atoms with E-state index in [1.807, 2.05) is 0 Å². The zero-order chi connectivity index (χ0) is 19.5. The number of hydrogen-bond donors (Lipinski definition) is 1. The van der Waals surface area contributed by atoms with Gasteiger partial charge in [-0.2, -0.15) is 0 Å². The zero-order valence-electron chi connectivity index (χ0n) is 17.3. The molecule has 1 N–H and O–H groups in total. The highest BCUT2D eigenvalue weighted by Crippen LogP contribution is 2.64. The molecule has 28 heavy (non-hydrogen) atoms. The summed E-state index contributed by atoms with van der Waals surface area (Å²) in [6.07, 6.45) is 8.50. The van der Waals surface area contributed by atoms with Crippen molar-refractivity contribution in [2.75, 3.05) is 13.1 Å². The van der Waals surface area contributed by atoms with Crippen LogP contribution in [0.3, 0.4) is 0 Å². The average molecular weight is 387 g/mol. The van der Waals surface area contributed by atoms with Gasteiger partial charge in [-0.25, -0.2) is 0 Å². The summed E-state index contributed by atoms with van der Waals surface area (Å²) in [5.41, 5.74) is 0.994. The Morgan fingerprint density at radius 3 is 2.68 bits per heavy atom. The molecule has 5 rings (SSSR count). The van der Waals surface area contributed by atoms with Gasteiger partial charge in [-0.1, -0.05) is 19.0 Å². The Morgan fingerprint density at radius 2 is 1.89 bits per heavy atom. The van der Waals surface area contributed by atoms with E-state index in [1.54, 1.807) is 0 Å². The maximum atomic E-state index is 13.3. The first kappa shape index (κ1) is 18.8. The van der Waals surface area contributed by atoms with E-state index in [1.165, 1.54) is 0 Å². The Morgan fingerprint density at radius 1 is 1.04 bits per heavy atom. The third-order valence-electron chi connectivity index (χ3n) is 9.35. The smallest absolute Gasteiger partial charge is 0.141 e. The molecule has 1 saturated heterocycles. The number of oxime groups is 1. The minimum atomic E-state index is -0.158. The Balaban J connectivity index is 1.35. The van der Waals surface area contributed by atoms with Gasteiger partial charge in [-0.3, -0.25) is 9.59 Å². The molecular formula is C23H34N2O3. The van der Waals surface area contributed by atoms with Crippen LogP contribution in [0.5, 0.6) is 0 Å². The number of hydrogen-bond acceptors (Lipinski definition) is 5. The summed E-state index contributed by atoms with van der Waals surface area (Å²) in [6, 6.07) is 0. The molecule has 4 aliphatic carbocycles. The molecule has 5 heteroatoms. The Bertz CT molecular complexity index is 713. The van der Waals surface area contributed by atoms with Crippen molar-refractivity contribution in [2.24, 2.45) is 39.7 Å². The van der Waals surface area contributed by atoms with Crippen LogP contribution in [-0.4, -0.2) is 36.5 Å². The maximum absolute atomic E-state index is 13.3. The summed E-state index contributed by atoms with van der Waals surface area (Å²) in [4.78, 5) is 31.6. The molecule has 1 aliphatic heterocycles. The predicted molar refractivity (Wildman–Crippen MR) is 107 cm³/mol. The highest BCUT2D eigenvalue weighted by atomic mass is 16.6. The van der Waals surface area contributed by atoms with Crippen molar-refractivity contribution in [3.8, 4) is 0 Å². The number of fused-ring (bicyclic) bond motifs is 5. The Kier molecular flexibility index (Phi) is 4.46. The number of nitrogens with zero attached hydrogens (tertiary/aromatic N) is 1. The molecule has 0 spiro atoms. The molecular weight excluding hydrogens is 352 g/mol. The summed E-state index contributed by atoms with van der Waals surface area (Å²) in [5, 5.41) is 7.78. The Hall–Kier alpha value is -1.23. The summed E-state index contributed by atoms with van der Waals surface area (Å²) in [7, 11) is 0. The summed E-state index contributed by atoms with van der Waals surface area (Å²) >= 11 is 0.